The van der Waals surface area contributed by atoms with Gasteiger partial charge < -0.3 is 10.6 Å². The molecule has 0 bridgehead atoms. The van der Waals surface area contributed by atoms with Crippen LogP contribution in [0.1, 0.15) is 79.1 Å². The second-order valence-electron chi connectivity index (χ2n) is 9.09. The van der Waals surface area contributed by atoms with E-state index in [-0.39, 0.29) is 18.4 Å². The fourth-order valence-corrected chi connectivity index (χ4v) is 3.33. The molecule has 1 aliphatic heterocycles. The number of nitrogens with zero attached hydrogens (tertiary/aromatic N) is 1. The molecular weight excluding hydrogens is 382 g/mol. The first-order valence-electron chi connectivity index (χ1n) is 11.4. The van der Waals surface area contributed by atoms with E-state index in [9.17, 15) is 14.4 Å². The fourth-order valence-electron chi connectivity index (χ4n) is 3.33. The smallest absolute Gasteiger partial charge is 0.243 e. The SMILES string of the molecule is CCCCON(C=O)C[C@H]1CCCC=CCCCCNC(=O)[C@H](C(C)(C)C)NC1=O. The minimum Gasteiger partial charge on any atom is -0.354 e. The molecule has 0 radical (unpaired) electrons. The van der Waals surface area contributed by atoms with Gasteiger partial charge in [0.2, 0.25) is 18.2 Å². The summed E-state index contributed by atoms with van der Waals surface area (Å²) in [5.74, 6) is -0.811. The van der Waals surface area contributed by atoms with E-state index in [1.54, 1.807) is 0 Å². The summed E-state index contributed by atoms with van der Waals surface area (Å²) in [6, 6.07) is -0.638. The van der Waals surface area contributed by atoms with Gasteiger partial charge in [0.1, 0.15) is 6.04 Å². The van der Waals surface area contributed by atoms with Crippen LogP contribution in [0.25, 0.3) is 0 Å². The molecule has 0 aromatic rings. The number of carbonyl (C=O) groups excluding carboxylic acids is 3. The lowest BCUT2D eigenvalue weighted by Gasteiger charge is -2.32. The van der Waals surface area contributed by atoms with Crippen molar-refractivity contribution < 1.29 is 19.2 Å². The molecule has 0 aliphatic carbocycles. The summed E-state index contributed by atoms with van der Waals surface area (Å²) in [5.41, 5.74) is -0.429. The van der Waals surface area contributed by atoms with E-state index < -0.39 is 17.4 Å². The zero-order chi connectivity index (χ0) is 22.4. The van der Waals surface area contributed by atoms with Crippen molar-refractivity contribution in [2.24, 2.45) is 11.3 Å². The van der Waals surface area contributed by atoms with Crippen LogP contribution in [0.4, 0.5) is 0 Å². The molecule has 1 rings (SSSR count). The molecule has 172 valence electrons. The zero-order valence-corrected chi connectivity index (χ0v) is 19.2. The number of unbranched alkanes of at least 4 members (excludes halogenated alkanes) is 1. The predicted molar refractivity (Wildman–Crippen MR) is 118 cm³/mol. The molecule has 1 heterocycles. The summed E-state index contributed by atoms with van der Waals surface area (Å²) in [4.78, 5) is 42.9. The Kier molecular flexibility index (Phi) is 12.4. The molecule has 2 N–H and O–H groups in total. The Labute approximate surface area is 181 Å². The minimum atomic E-state index is -0.638. The highest BCUT2D eigenvalue weighted by molar-refractivity contribution is 5.89. The van der Waals surface area contributed by atoms with E-state index >= 15 is 0 Å². The van der Waals surface area contributed by atoms with Gasteiger partial charge in [0.25, 0.3) is 0 Å². The molecule has 0 aromatic heterocycles. The van der Waals surface area contributed by atoms with Crippen LogP contribution in [0.5, 0.6) is 0 Å². The van der Waals surface area contributed by atoms with Crippen LogP contribution in [0.15, 0.2) is 12.2 Å². The van der Waals surface area contributed by atoms with Gasteiger partial charge in [-0.3, -0.25) is 19.2 Å². The third-order valence-corrected chi connectivity index (χ3v) is 5.25. The molecule has 30 heavy (non-hydrogen) atoms. The quantitative estimate of drug-likeness (QED) is 0.284. The average Bonchev–Trinajstić information content (AvgIpc) is 2.69. The van der Waals surface area contributed by atoms with E-state index in [1.807, 2.05) is 27.7 Å². The van der Waals surface area contributed by atoms with E-state index in [2.05, 4.69) is 22.8 Å². The predicted octanol–water partition coefficient (Wildman–Crippen LogP) is 3.35. The van der Waals surface area contributed by atoms with Crippen molar-refractivity contribution in [3.63, 3.8) is 0 Å². The van der Waals surface area contributed by atoms with Crippen molar-refractivity contribution in [2.45, 2.75) is 85.1 Å². The van der Waals surface area contributed by atoms with Crippen molar-refractivity contribution in [3.8, 4) is 0 Å². The number of nitrogens with one attached hydrogen (secondary N) is 2. The van der Waals surface area contributed by atoms with Gasteiger partial charge in [-0.2, -0.15) is 0 Å². The summed E-state index contributed by atoms with van der Waals surface area (Å²) in [5, 5.41) is 7.14. The van der Waals surface area contributed by atoms with Gasteiger partial charge in [0, 0.05) is 6.54 Å². The number of hydrogen-bond acceptors (Lipinski definition) is 4. The number of hydrogen-bond donors (Lipinski definition) is 2. The van der Waals surface area contributed by atoms with E-state index in [4.69, 9.17) is 4.84 Å². The summed E-state index contributed by atoms with van der Waals surface area (Å²) in [6.45, 7) is 9.10. The van der Waals surface area contributed by atoms with Crippen molar-refractivity contribution in [3.05, 3.63) is 12.2 Å². The van der Waals surface area contributed by atoms with Crippen LogP contribution in [0, 0.1) is 11.3 Å². The van der Waals surface area contributed by atoms with Crippen LogP contribution < -0.4 is 10.6 Å². The fraction of sp³-hybridized carbons (Fsp3) is 0.783. The maximum Gasteiger partial charge on any atom is 0.243 e. The third-order valence-electron chi connectivity index (χ3n) is 5.25. The van der Waals surface area contributed by atoms with Crippen molar-refractivity contribution in [1.29, 1.82) is 0 Å². The Morgan fingerprint density at radius 2 is 1.83 bits per heavy atom. The van der Waals surface area contributed by atoms with Crippen molar-refractivity contribution in [2.75, 3.05) is 19.7 Å². The standard InChI is InChI=1S/C23H41N3O4/c1-5-6-16-30-26(18-27)17-19-14-12-10-8-7-9-11-13-15-24-22(29)20(23(2,3)4)25-21(19)28/h7-8,18-20H,5-6,9-17H2,1-4H3,(H,24,29)(H,25,28)/t19-,20-/m1/s1. The number of carbonyl (C=O) groups is 3. The number of allylic oxidation sites excluding steroid dienone is 2. The molecule has 0 fully saturated rings. The van der Waals surface area contributed by atoms with Crippen LogP contribution >= 0.6 is 0 Å². The topological polar surface area (TPSA) is 87.7 Å². The van der Waals surface area contributed by atoms with Crippen LogP contribution in [0.2, 0.25) is 0 Å². The van der Waals surface area contributed by atoms with Gasteiger partial charge >= 0.3 is 0 Å². The molecule has 7 nitrogen and oxygen atoms in total. The molecule has 0 unspecified atom stereocenters. The van der Waals surface area contributed by atoms with Gasteiger partial charge in [0.05, 0.1) is 19.1 Å². The largest absolute Gasteiger partial charge is 0.354 e. The molecule has 0 aromatic carbocycles. The maximum absolute atomic E-state index is 13.1. The van der Waals surface area contributed by atoms with Crippen molar-refractivity contribution in [1.82, 2.24) is 15.7 Å². The second-order valence-corrected chi connectivity index (χ2v) is 9.09. The molecule has 0 spiro atoms. The van der Waals surface area contributed by atoms with Crippen LogP contribution in [-0.2, 0) is 19.2 Å². The molecule has 2 atom stereocenters. The lowest BCUT2D eigenvalue weighted by atomic mass is 9.85. The highest BCUT2D eigenvalue weighted by Gasteiger charge is 2.34. The third kappa shape index (κ3) is 10.2. The lowest BCUT2D eigenvalue weighted by Crippen LogP contribution is -2.55. The van der Waals surface area contributed by atoms with Gasteiger partial charge in [-0.25, -0.2) is 5.06 Å². The lowest BCUT2D eigenvalue weighted by molar-refractivity contribution is -0.177. The molecule has 0 saturated carbocycles. The molecule has 7 heteroatoms. The zero-order valence-electron chi connectivity index (χ0n) is 19.2. The summed E-state index contributed by atoms with van der Waals surface area (Å²) in [6.07, 6.45) is 12.0. The first-order chi connectivity index (χ1) is 14.3. The second kappa shape index (κ2) is 14.2. The molecule has 0 saturated heterocycles. The Morgan fingerprint density at radius 1 is 1.13 bits per heavy atom. The monoisotopic (exact) mass is 423 g/mol. The Bertz CT molecular complexity index is 557. The molecule has 1 aliphatic rings. The summed E-state index contributed by atoms with van der Waals surface area (Å²) in [7, 11) is 0. The Morgan fingerprint density at radius 3 is 2.47 bits per heavy atom. The van der Waals surface area contributed by atoms with E-state index in [1.165, 1.54) is 5.06 Å². The maximum atomic E-state index is 13.1. The number of rotatable bonds is 7. The van der Waals surface area contributed by atoms with Gasteiger partial charge in [-0.1, -0.05) is 46.3 Å². The van der Waals surface area contributed by atoms with Crippen LogP contribution in [-0.4, -0.2) is 49.0 Å². The summed E-state index contributed by atoms with van der Waals surface area (Å²) < 4.78 is 0. The molecular formula is C23H41N3O4. The normalized spacial score (nSPS) is 22.4. The van der Waals surface area contributed by atoms with Crippen LogP contribution in [0.3, 0.4) is 0 Å². The highest BCUT2D eigenvalue weighted by Crippen LogP contribution is 2.21. The highest BCUT2D eigenvalue weighted by atomic mass is 16.7. The van der Waals surface area contributed by atoms with Crippen molar-refractivity contribution >= 4 is 18.2 Å². The van der Waals surface area contributed by atoms with E-state index in [0.29, 0.717) is 26.0 Å². The number of amides is 3. The van der Waals surface area contributed by atoms with Gasteiger partial charge in [-0.15, -0.1) is 0 Å². The van der Waals surface area contributed by atoms with Gasteiger partial charge in [0.15, 0.2) is 0 Å². The minimum absolute atomic E-state index is 0.161. The average molecular weight is 424 g/mol. The Hall–Kier alpha value is -1.89. The molecule has 3 amide bonds. The first kappa shape index (κ1) is 26.1. The van der Waals surface area contributed by atoms with E-state index in [0.717, 1.165) is 44.9 Å². The Balaban J connectivity index is 2.95. The summed E-state index contributed by atoms with van der Waals surface area (Å²) >= 11 is 0. The number of hydroxylamine groups is 2. The van der Waals surface area contributed by atoms with Gasteiger partial charge in [-0.05, 0) is 50.4 Å². The first-order valence-corrected chi connectivity index (χ1v) is 11.4.